The second-order valence-corrected chi connectivity index (χ2v) is 8.95. The minimum atomic E-state index is -1.40. The molecule has 4 aromatic rings. The molecular formula is C25H22N6O6. The molecular weight excluding hydrogens is 480 g/mol. The normalized spacial score (nSPS) is 19.0. The van der Waals surface area contributed by atoms with Crippen LogP contribution in [0.4, 0.5) is 6.01 Å². The Hall–Kier alpha value is -4.74. The van der Waals surface area contributed by atoms with Crippen molar-refractivity contribution in [2.24, 2.45) is 0 Å². The van der Waals surface area contributed by atoms with Crippen molar-refractivity contribution in [3.8, 4) is 17.3 Å². The number of furan rings is 1. The third-order valence-corrected chi connectivity index (χ3v) is 6.62. The highest BCUT2D eigenvalue weighted by Crippen LogP contribution is 2.39. The number of benzene rings is 1. The second-order valence-electron chi connectivity index (χ2n) is 8.95. The quantitative estimate of drug-likeness (QED) is 0.360. The molecule has 1 fully saturated rings. The molecule has 3 amide bonds. The Bertz CT molecular complexity index is 1570. The third kappa shape index (κ3) is 3.68. The summed E-state index contributed by atoms with van der Waals surface area (Å²) < 4.78 is 16.9. The van der Waals surface area contributed by atoms with Crippen LogP contribution in [0.15, 0.2) is 45.2 Å². The maximum Gasteiger partial charge on any atom is 0.315 e. The summed E-state index contributed by atoms with van der Waals surface area (Å²) in [4.78, 5) is 44.9. The van der Waals surface area contributed by atoms with Gasteiger partial charge in [0.15, 0.2) is 5.58 Å². The van der Waals surface area contributed by atoms with Crippen molar-refractivity contribution in [2.75, 3.05) is 25.5 Å². The number of carbonyl (C=O) groups is 3. The molecule has 6 rings (SSSR count). The van der Waals surface area contributed by atoms with E-state index in [1.165, 1.54) is 7.11 Å². The van der Waals surface area contributed by atoms with E-state index in [2.05, 4.69) is 25.8 Å². The highest BCUT2D eigenvalue weighted by molar-refractivity contribution is 6.10. The van der Waals surface area contributed by atoms with E-state index < -0.39 is 17.2 Å². The Morgan fingerprint density at radius 2 is 2.00 bits per heavy atom. The van der Waals surface area contributed by atoms with Crippen LogP contribution >= 0.6 is 0 Å². The molecule has 0 spiro atoms. The van der Waals surface area contributed by atoms with E-state index in [4.69, 9.17) is 13.6 Å². The Labute approximate surface area is 210 Å². The molecule has 2 aliphatic heterocycles. The van der Waals surface area contributed by atoms with Gasteiger partial charge in [0, 0.05) is 31.3 Å². The summed E-state index contributed by atoms with van der Waals surface area (Å²) in [6.07, 6.45) is -0.155. The first kappa shape index (κ1) is 22.7. The molecule has 2 N–H and O–H groups in total. The van der Waals surface area contributed by atoms with Gasteiger partial charge in [0.05, 0.1) is 13.5 Å². The largest absolute Gasteiger partial charge is 0.497 e. The molecule has 1 saturated heterocycles. The Morgan fingerprint density at radius 1 is 1.14 bits per heavy atom. The first-order chi connectivity index (χ1) is 17.9. The summed E-state index contributed by atoms with van der Waals surface area (Å²) in [6.45, 7) is 2.80. The SMILES string of the molecule is CCNc1nnc(-c2ccc3oc([C@]4(CN5Cc6ccc(OC)cc6C5=O)CC(=O)NC4=O)cc3n2)o1. The van der Waals surface area contributed by atoms with Gasteiger partial charge in [-0.1, -0.05) is 11.2 Å². The van der Waals surface area contributed by atoms with Crippen molar-refractivity contribution in [1.29, 1.82) is 0 Å². The van der Waals surface area contributed by atoms with Gasteiger partial charge in [-0.25, -0.2) is 4.98 Å². The molecule has 1 aromatic carbocycles. The van der Waals surface area contributed by atoms with Crippen LogP contribution in [0.25, 0.3) is 22.7 Å². The smallest absolute Gasteiger partial charge is 0.315 e. The number of methoxy groups -OCH3 is 1. The third-order valence-electron chi connectivity index (χ3n) is 6.62. The number of anilines is 1. The van der Waals surface area contributed by atoms with Crippen molar-refractivity contribution in [2.45, 2.75) is 25.3 Å². The molecule has 37 heavy (non-hydrogen) atoms. The molecule has 0 radical (unpaired) electrons. The lowest BCUT2D eigenvalue weighted by atomic mass is 9.82. The van der Waals surface area contributed by atoms with E-state index in [0.29, 0.717) is 41.2 Å². The zero-order valence-corrected chi connectivity index (χ0v) is 20.0. The number of amides is 3. The van der Waals surface area contributed by atoms with Crippen LogP contribution in [-0.2, 0) is 21.5 Å². The molecule has 5 heterocycles. The van der Waals surface area contributed by atoms with Gasteiger partial charge in [0.25, 0.3) is 11.8 Å². The van der Waals surface area contributed by atoms with Crippen LogP contribution < -0.4 is 15.4 Å². The molecule has 3 aromatic heterocycles. The fourth-order valence-electron chi connectivity index (χ4n) is 4.80. The van der Waals surface area contributed by atoms with Crippen LogP contribution in [0.5, 0.6) is 5.75 Å². The van der Waals surface area contributed by atoms with Gasteiger partial charge >= 0.3 is 6.01 Å². The summed E-state index contributed by atoms with van der Waals surface area (Å²) in [5.74, 6) is -0.173. The fourth-order valence-corrected chi connectivity index (χ4v) is 4.80. The number of nitrogens with one attached hydrogen (secondary N) is 2. The molecule has 0 unspecified atom stereocenters. The topological polar surface area (TPSA) is 153 Å². The lowest BCUT2D eigenvalue weighted by Crippen LogP contribution is -2.46. The average Bonchev–Trinajstić information content (AvgIpc) is 3.65. The van der Waals surface area contributed by atoms with Crippen molar-refractivity contribution in [1.82, 2.24) is 25.4 Å². The molecule has 12 nitrogen and oxygen atoms in total. The van der Waals surface area contributed by atoms with Crippen LogP contribution in [-0.4, -0.2) is 58.0 Å². The van der Waals surface area contributed by atoms with Gasteiger partial charge in [-0.05, 0) is 36.8 Å². The van der Waals surface area contributed by atoms with Crippen LogP contribution in [0.1, 0.15) is 35.0 Å². The molecule has 0 aliphatic carbocycles. The number of pyridine rings is 1. The number of hydrogen-bond donors (Lipinski definition) is 2. The number of rotatable bonds is 7. The first-order valence-corrected chi connectivity index (χ1v) is 11.7. The van der Waals surface area contributed by atoms with Crippen molar-refractivity contribution in [3.05, 3.63) is 53.3 Å². The number of nitrogens with zero attached hydrogens (tertiary/aromatic N) is 4. The highest BCUT2D eigenvalue weighted by Gasteiger charge is 2.53. The fraction of sp³-hybridized carbons (Fsp3) is 0.280. The first-order valence-electron chi connectivity index (χ1n) is 11.7. The number of carbonyl (C=O) groups excluding carboxylic acids is 3. The van der Waals surface area contributed by atoms with Gasteiger partial charge in [-0.3, -0.25) is 19.7 Å². The van der Waals surface area contributed by atoms with Gasteiger partial charge < -0.3 is 23.8 Å². The number of aromatic nitrogens is 3. The lowest BCUT2D eigenvalue weighted by molar-refractivity contribution is -0.127. The Kier molecular flexibility index (Phi) is 5.18. The zero-order valence-electron chi connectivity index (χ0n) is 20.0. The second kappa shape index (κ2) is 8.43. The lowest BCUT2D eigenvalue weighted by Gasteiger charge is -2.28. The van der Waals surface area contributed by atoms with Crippen molar-refractivity contribution < 1.29 is 28.0 Å². The minimum absolute atomic E-state index is 0.0389. The maximum absolute atomic E-state index is 13.2. The van der Waals surface area contributed by atoms with Crippen LogP contribution in [0, 0.1) is 0 Å². The standard InChI is InChI=1S/C25H22N6O6/c1-3-26-24-30-29-21(37-24)16-6-7-18-17(27-16)9-19(36-18)25(10-20(32)28-23(25)34)12-31-11-13-4-5-14(35-2)8-15(13)22(31)33/h4-9H,3,10-12H2,1-2H3,(H,26,30)(H,28,32,34)/t25-/m1/s1. The number of hydrogen-bond acceptors (Lipinski definition) is 10. The van der Waals surface area contributed by atoms with E-state index >= 15 is 0 Å². The molecule has 12 heteroatoms. The van der Waals surface area contributed by atoms with Gasteiger partial charge in [0.2, 0.25) is 11.8 Å². The molecule has 1 atom stereocenters. The highest BCUT2D eigenvalue weighted by atomic mass is 16.5. The van der Waals surface area contributed by atoms with Gasteiger partial charge in [-0.2, -0.15) is 0 Å². The summed E-state index contributed by atoms with van der Waals surface area (Å²) in [5.41, 5.74) is 1.21. The predicted molar refractivity (Wildman–Crippen MR) is 129 cm³/mol. The summed E-state index contributed by atoms with van der Waals surface area (Å²) in [6, 6.07) is 10.5. The van der Waals surface area contributed by atoms with E-state index in [9.17, 15) is 14.4 Å². The predicted octanol–water partition coefficient (Wildman–Crippen LogP) is 2.26. The Morgan fingerprint density at radius 3 is 2.76 bits per heavy atom. The summed E-state index contributed by atoms with van der Waals surface area (Å²) in [5, 5.41) is 13.2. The van der Waals surface area contributed by atoms with E-state index in [1.54, 1.807) is 35.2 Å². The average molecular weight is 502 g/mol. The summed E-state index contributed by atoms with van der Waals surface area (Å²) >= 11 is 0. The van der Waals surface area contributed by atoms with Gasteiger partial charge in [-0.15, -0.1) is 5.10 Å². The van der Waals surface area contributed by atoms with E-state index in [1.807, 2.05) is 13.0 Å². The Balaban J connectivity index is 1.35. The molecule has 0 saturated carbocycles. The number of imide groups is 1. The van der Waals surface area contributed by atoms with E-state index in [-0.39, 0.29) is 36.5 Å². The molecule has 188 valence electrons. The maximum atomic E-state index is 13.2. The van der Waals surface area contributed by atoms with Crippen LogP contribution in [0.3, 0.4) is 0 Å². The molecule has 2 aliphatic rings. The molecule has 0 bridgehead atoms. The number of ether oxygens (including phenoxy) is 1. The number of fused-ring (bicyclic) bond motifs is 2. The minimum Gasteiger partial charge on any atom is -0.497 e. The monoisotopic (exact) mass is 502 g/mol. The van der Waals surface area contributed by atoms with E-state index in [0.717, 1.165) is 5.56 Å². The van der Waals surface area contributed by atoms with Crippen molar-refractivity contribution in [3.63, 3.8) is 0 Å². The van der Waals surface area contributed by atoms with Crippen molar-refractivity contribution >= 4 is 34.8 Å². The summed E-state index contributed by atoms with van der Waals surface area (Å²) in [7, 11) is 1.53. The van der Waals surface area contributed by atoms with Gasteiger partial charge in [0.1, 0.15) is 28.1 Å². The van der Waals surface area contributed by atoms with Crippen LogP contribution in [0.2, 0.25) is 0 Å². The zero-order chi connectivity index (χ0) is 25.7.